The van der Waals surface area contributed by atoms with Crippen molar-refractivity contribution in [1.82, 2.24) is 0 Å². The molecule has 0 spiro atoms. The first-order valence-electron chi connectivity index (χ1n) is 1.51. The molecule has 1 atom stereocenters. The van der Waals surface area contributed by atoms with Crippen LogP contribution in [0.25, 0.3) is 0 Å². The molecule has 1 aliphatic heterocycles. The topological polar surface area (TPSA) is 29.6 Å². The number of epoxide rings is 1. The van der Waals surface area contributed by atoms with Crippen molar-refractivity contribution in [3.05, 3.63) is 0 Å². The maximum Gasteiger partial charge on any atom is 0.347 e. The van der Waals surface area contributed by atoms with Crippen molar-refractivity contribution in [1.29, 1.82) is 0 Å². The van der Waals surface area contributed by atoms with Crippen molar-refractivity contribution in [3.8, 4) is 0 Å². The average Bonchev–Trinajstić information content (AvgIpc) is 1.79. The minimum absolute atomic E-state index is 0.0787. The largest absolute Gasteiger partial charge is 0.448 e. The summed E-state index contributed by atoms with van der Waals surface area (Å²) in [7, 11) is 0. The van der Waals surface area contributed by atoms with Crippen LogP contribution in [0.5, 0.6) is 0 Å². The Kier molecular flexibility index (Phi) is 0.272. The molecule has 0 amide bonds. The predicted octanol–water partition coefficient (Wildman–Crippen LogP) is -0.0683. The fourth-order valence-corrected chi connectivity index (χ4v) is 0.140. The van der Waals surface area contributed by atoms with Crippen LogP contribution in [0.3, 0.4) is 0 Å². The summed E-state index contributed by atoms with van der Waals surface area (Å²) in [5.41, 5.74) is 0. The molecule has 0 aromatic heterocycles. The van der Waals surface area contributed by atoms with Gasteiger partial charge in [-0.15, -0.1) is 0 Å². The maximum absolute atomic E-state index is 9.66. The Balaban J connectivity index is 2.47. The number of hydrogen-bond donors (Lipinski definition) is 0. The highest BCUT2D eigenvalue weighted by molar-refractivity contribution is 5.86. The fraction of sp³-hybridized carbons (Fsp3) is 0.667. The first-order chi connectivity index (χ1) is 2.30. The number of cyclic esters (lactones) is 1. The molecular formula is C3H4O2. The Morgan fingerprint density at radius 3 is 2.20 bits per heavy atom. The van der Waals surface area contributed by atoms with E-state index in [0.29, 0.717) is 0 Å². The molecule has 2 heteroatoms. The van der Waals surface area contributed by atoms with E-state index in [9.17, 15) is 4.79 Å². The lowest BCUT2D eigenvalue weighted by Gasteiger charge is -1.47. The lowest BCUT2D eigenvalue weighted by molar-refractivity contribution is -0.117. The predicted molar refractivity (Wildman–Crippen MR) is 15.6 cm³/mol. The van der Waals surface area contributed by atoms with Crippen molar-refractivity contribution >= 4 is 5.97 Å². The molecule has 0 aliphatic carbocycles. The molecule has 2 nitrogen and oxygen atoms in total. The fourth-order valence-electron chi connectivity index (χ4n) is 0.140. The second-order valence-corrected chi connectivity index (χ2v) is 1.08. The zero-order valence-electron chi connectivity index (χ0n) is 2.89. The number of rotatable bonds is 0. The molecular weight excluding hydrogens is 68.0 g/mol. The van der Waals surface area contributed by atoms with Gasteiger partial charge >= 0.3 is 5.97 Å². The smallest absolute Gasteiger partial charge is 0.347 e. The van der Waals surface area contributed by atoms with Crippen LogP contribution in [0, 0.1) is 0 Å². The van der Waals surface area contributed by atoms with E-state index in [0.717, 1.165) is 0 Å². The number of carbonyl (C=O) groups excluding carboxylic acids is 1. The van der Waals surface area contributed by atoms with E-state index >= 15 is 0 Å². The third-order valence-corrected chi connectivity index (χ3v) is 0.568. The van der Waals surface area contributed by atoms with Gasteiger partial charge in [-0.05, 0) is 6.92 Å². The third kappa shape index (κ3) is 0.251. The average molecular weight is 72.1 g/mol. The van der Waals surface area contributed by atoms with Gasteiger partial charge in [0.15, 0.2) is 6.10 Å². The van der Waals surface area contributed by atoms with Gasteiger partial charge in [0.1, 0.15) is 0 Å². The third-order valence-electron chi connectivity index (χ3n) is 0.568. The van der Waals surface area contributed by atoms with Crippen LogP contribution in [0.1, 0.15) is 6.92 Å². The van der Waals surface area contributed by atoms with E-state index < -0.39 is 0 Å². The molecule has 1 fully saturated rings. The van der Waals surface area contributed by atoms with Crippen LogP contribution in [-0.2, 0) is 9.53 Å². The zero-order chi connectivity index (χ0) is 3.86. The lowest BCUT2D eigenvalue weighted by Crippen LogP contribution is -1.68. The molecule has 0 radical (unpaired) electrons. The van der Waals surface area contributed by atoms with E-state index in [2.05, 4.69) is 4.74 Å². The summed E-state index contributed by atoms with van der Waals surface area (Å²) in [4.78, 5) is 9.66. The van der Waals surface area contributed by atoms with Gasteiger partial charge in [-0.25, -0.2) is 4.79 Å². The van der Waals surface area contributed by atoms with Gasteiger partial charge < -0.3 is 4.74 Å². The normalized spacial score (nSPS) is 33.0. The van der Waals surface area contributed by atoms with Crippen LogP contribution >= 0.6 is 0 Å². The molecule has 0 saturated carbocycles. The summed E-state index contributed by atoms with van der Waals surface area (Å²) >= 11 is 0. The molecule has 1 rings (SSSR count). The molecule has 1 heterocycles. The molecule has 5 heavy (non-hydrogen) atoms. The Labute approximate surface area is 29.7 Å². The van der Waals surface area contributed by atoms with E-state index in [4.69, 9.17) is 0 Å². The lowest BCUT2D eigenvalue weighted by atomic mass is 10.6. The molecule has 0 aromatic rings. The summed E-state index contributed by atoms with van der Waals surface area (Å²) < 4.78 is 4.28. The van der Waals surface area contributed by atoms with Gasteiger partial charge in [0, 0.05) is 0 Å². The highest BCUT2D eigenvalue weighted by Gasteiger charge is 2.31. The second kappa shape index (κ2) is 0.506. The van der Waals surface area contributed by atoms with Gasteiger partial charge in [0.05, 0.1) is 0 Å². The van der Waals surface area contributed by atoms with Gasteiger partial charge in [0.2, 0.25) is 0 Å². The van der Waals surface area contributed by atoms with E-state index in [1.54, 1.807) is 6.92 Å². The van der Waals surface area contributed by atoms with Crippen LogP contribution in [0.4, 0.5) is 0 Å². The van der Waals surface area contributed by atoms with Gasteiger partial charge in [-0.2, -0.15) is 0 Å². The number of hydrogen-bond acceptors (Lipinski definition) is 2. The Hall–Kier alpha value is -0.530. The molecule has 0 unspecified atom stereocenters. The van der Waals surface area contributed by atoms with E-state index in [1.807, 2.05) is 0 Å². The first-order valence-corrected chi connectivity index (χ1v) is 1.51. The minimum Gasteiger partial charge on any atom is -0.448 e. The number of ether oxygens (including phenoxy) is 1. The van der Waals surface area contributed by atoms with Gasteiger partial charge in [-0.3, -0.25) is 0 Å². The summed E-state index contributed by atoms with van der Waals surface area (Å²) in [5.74, 6) is -0.0787. The van der Waals surface area contributed by atoms with E-state index in [1.165, 1.54) is 0 Å². The number of carbonyl (C=O) groups is 1. The molecule has 0 N–H and O–H groups in total. The standard InChI is InChI=1S/C3H4O2/c1-2-3(4)5-2/h2H,1H3/t2-/m0/s1. The van der Waals surface area contributed by atoms with Crippen molar-refractivity contribution in [2.24, 2.45) is 0 Å². The van der Waals surface area contributed by atoms with Crippen molar-refractivity contribution in [3.63, 3.8) is 0 Å². The highest BCUT2D eigenvalue weighted by Crippen LogP contribution is 2.08. The molecule has 28 valence electrons. The molecule has 1 aliphatic rings. The second-order valence-electron chi connectivity index (χ2n) is 1.08. The van der Waals surface area contributed by atoms with Crippen LogP contribution in [0.2, 0.25) is 0 Å². The van der Waals surface area contributed by atoms with Crippen molar-refractivity contribution < 1.29 is 9.53 Å². The summed E-state index contributed by atoms with van der Waals surface area (Å²) in [6, 6.07) is 0. The molecule has 0 aromatic carbocycles. The maximum atomic E-state index is 9.66. The van der Waals surface area contributed by atoms with Crippen LogP contribution < -0.4 is 0 Å². The molecule has 1 saturated heterocycles. The van der Waals surface area contributed by atoms with Crippen LogP contribution in [0.15, 0.2) is 0 Å². The Bertz CT molecular complexity index is 67.3. The quantitative estimate of drug-likeness (QED) is 0.375. The SMILES string of the molecule is C[C@@H]1OC1=O. The van der Waals surface area contributed by atoms with Crippen molar-refractivity contribution in [2.75, 3.05) is 0 Å². The Morgan fingerprint density at radius 2 is 2.20 bits per heavy atom. The summed E-state index contributed by atoms with van der Waals surface area (Å²) in [6.45, 7) is 1.72. The highest BCUT2D eigenvalue weighted by atomic mass is 16.6. The summed E-state index contributed by atoms with van der Waals surface area (Å²) in [6.07, 6.45) is -0.0880. The minimum atomic E-state index is -0.0880. The summed E-state index contributed by atoms with van der Waals surface area (Å²) in [5, 5.41) is 0. The van der Waals surface area contributed by atoms with E-state index in [-0.39, 0.29) is 12.1 Å². The Morgan fingerprint density at radius 1 is 2.00 bits per heavy atom. The monoisotopic (exact) mass is 72.0 g/mol. The van der Waals surface area contributed by atoms with Crippen LogP contribution in [-0.4, -0.2) is 12.1 Å². The first kappa shape index (κ1) is 2.69. The zero-order valence-corrected chi connectivity index (χ0v) is 2.89. The van der Waals surface area contributed by atoms with Gasteiger partial charge in [0.25, 0.3) is 0 Å². The van der Waals surface area contributed by atoms with Crippen molar-refractivity contribution in [2.45, 2.75) is 13.0 Å². The van der Waals surface area contributed by atoms with Gasteiger partial charge in [-0.1, -0.05) is 0 Å². The molecule has 0 bridgehead atoms.